The molecule has 0 radical (unpaired) electrons. The number of carbonyl (C=O) groups excluding carboxylic acids is 2. The molecule has 0 unspecified atom stereocenters. The van der Waals surface area contributed by atoms with Crippen LogP contribution in [0.1, 0.15) is 27.7 Å². The molecule has 1 amide bonds. The van der Waals surface area contributed by atoms with Crippen LogP contribution in [0, 0.1) is 5.92 Å². The van der Waals surface area contributed by atoms with Crippen LogP contribution in [0.15, 0.2) is 0 Å². The highest BCUT2D eigenvalue weighted by atomic mass is 16.2. The lowest BCUT2D eigenvalue weighted by molar-refractivity contribution is -0.126. The van der Waals surface area contributed by atoms with E-state index >= 15 is 0 Å². The van der Waals surface area contributed by atoms with Crippen LogP contribution in [0.3, 0.4) is 0 Å². The number of carbonyl (C=O) groups is 2. The minimum Gasteiger partial charge on any atom is -0.346 e. The molecule has 0 aliphatic rings. The van der Waals surface area contributed by atoms with Crippen molar-refractivity contribution in [3.8, 4) is 0 Å². The van der Waals surface area contributed by atoms with Gasteiger partial charge in [0.15, 0.2) is 5.78 Å². The summed E-state index contributed by atoms with van der Waals surface area (Å²) in [6, 6.07) is -0.326. The summed E-state index contributed by atoms with van der Waals surface area (Å²) < 4.78 is 0. The highest BCUT2D eigenvalue weighted by molar-refractivity contribution is 5.86. The van der Waals surface area contributed by atoms with E-state index in [4.69, 9.17) is 0 Å². The summed E-state index contributed by atoms with van der Waals surface area (Å²) >= 11 is 0. The van der Waals surface area contributed by atoms with Gasteiger partial charge in [-0.1, -0.05) is 13.8 Å². The Hall–Kier alpha value is -0.860. The van der Waals surface area contributed by atoms with Gasteiger partial charge in [-0.2, -0.15) is 0 Å². The monoisotopic (exact) mass is 157 g/mol. The van der Waals surface area contributed by atoms with Crippen LogP contribution in [-0.2, 0) is 9.59 Å². The first-order valence-electron chi connectivity index (χ1n) is 3.72. The van der Waals surface area contributed by atoms with Gasteiger partial charge in [0.1, 0.15) is 0 Å². The van der Waals surface area contributed by atoms with E-state index in [0.717, 1.165) is 0 Å². The Morgan fingerprint density at radius 1 is 1.18 bits per heavy atom. The molecular formula is C8H15NO2. The van der Waals surface area contributed by atoms with Gasteiger partial charge in [0.2, 0.25) is 5.91 Å². The van der Waals surface area contributed by atoms with Crippen molar-refractivity contribution in [2.45, 2.75) is 33.7 Å². The third kappa shape index (κ3) is 3.75. The summed E-state index contributed by atoms with van der Waals surface area (Å²) in [7, 11) is 0. The normalized spacial score (nSPS) is 12.8. The van der Waals surface area contributed by atoms with E-state index in [1.54, 1.807) is 0 Å². The molecule has 1 atom stereocenters. The predicted molar refractivity (Wildman–Crippen MR) is 43.1 cm³/mol. The molecule has 3 nitrogen and oxygen atoms in total. The lowest BCUT2D eigenvalue weighted by Gasteiger charge is -2.17. The van der Waals surface area contributed by atoms with E-state index in [0.29, 0.717) is 0 Å². The van der Waals surface area contributed by atoms with E-state index in [1.807, 2.05) is 13.8 Å². The summed E-state index contributed by atoms with van der Waals surface area (Å²) in [5.74, 6) is 0.0190. The van der Waals surface area contributed by atoms with Crippen LogP contribution in [0.25, 0.3) is 0 Å². The second-order valence-electron chi connectivity index (χ2n) is 3.03. The van der Waals surface area contributed by atoms with Crippen molar-refractivity contribution in [3.63, 3.8) is 0 Å². The lowest BCUT2D eigenvalue weighted by Crippen LogP contribution is -2.42. The number of hydrogen-bond acceptors (Lipinski definition) is 2. The fourth-order valence-corrected chi connectivity index (χ4v) is 0.957. The molecule has 0 fully saturated rings. The molecule has 0 aliphatic carbocycles. The largest absolute Gasteiger partial charge is 0.346 e. The first-order chi connectivity index (χ1) is 4.95. The fraction of sp³-hybridized carbons (Fsp3) is 0.750. The van der Waals surface area contributed by atoms with Gasteiger partial charge in [-0.25, -0.2) is 0 Å². The smallest absolute Gasteiger partial charge is 0.217 e. The first kappa shape index (κ1) is 10.1. The maximum Gasteiger partial charge on any atom is 0.217 e. The average molecular weight is 157 g/mol. The molecule has 0 aromatic carbocycles. The van der Waals surface area contributed by atoms with Crippen LogP contribution >= 0.6 is 0 Å². The molecule has 11 heavy (non-hydrogen) atoms. The molecule has 0 saturated carbocycles. The molecule has 0 heterocycles. The van der Waals surface area contributed by atoms with Gasteiger partial charge in [0.25, 0.3) is 0 Å². The predicted octanol–water partition coefficient (Wildman–Crippen LogP) is 0.736. The van der Waals surface area contributed by atoms with E-state index in [9.17, 15) is 9.59 Å². The summed E-state index contributed by atoms with van der Waals surface area (Å²) in [6.45, 7) is 6.71. The Kier molecular flexibility index (Phi) is 3.79. The van der Waals surface area contributed by atoms with Crippen LogP contribution in [0.2, 0.25) is 0 Å². The van der Waals surface area contributed by atoms with Crippen molar-refractivity contribution in [1.29, 1.82) is 0 Å². The maximum absolute atomic E-state index is 10.9. The lowest BCUT2D eigenvalue weighted by atomic mass is 10.0. The molecule has 3 heteroatoms. The van der Waals surface area contributed by atoms with Crippen molar-refractivity contribution >= 4 is 11.7 Å². The van der Waals surface area contributed by atoms with Crippen LogP contribution in [0.5, 0.6) is 0 Å². The Bertz CT molecular complexity index is 163. The van der Waals surface area contributed by atoms with Gasteiger partial charge < -0.3 is 5.32 Å². The van der Waals surface area contributed by atoms with Gasteiger partial charge >= 0.3 is 0 Å². The van der Waals surface area contributed by atoms with Crippen molar-refractivity contribution in [2.75, 3.05) is 0 Å². The highest BCUT2D eigenvalue weighted by Crippen LogP contribution is 2.01. The number of nitrogens with one attached hydrogen (secondary N) is 1. The maximum atomic E-state index is 10.9. The summed E-state index contributed by atoms with van der Waals surface area (Å²) in [4.78, 5) is 21.5. The summed E-state index contributed by atoms with van der Waals surface area (Å²) in [6.07, 6.45) is 0. The van der Waals surface area contributed by atoms with Gasteiger partial charge in [-0.05, 0) is 12.8 Å². The molecule has 0 saturated heterocycles. The van der Waals surface area contributed by atoms with E-state index in [2.05, 4.69) is 5.32 Å². The third-order valence-corrected chi connectivity index (χ3v) is 1.46. The molecule has 0 bridgehead atoms. The quantitative estimate of drug-likeness (QED) is 0.656. The number of amides is 1. The first-order valence-corrected chi connectivity index (χ1v) is 3.72. The van der Waals surface area contributed by atoms with Crippen molar-refractivity contribution in [2.24, 2.45) is 5.92 Å². The van der Waals surface area contributed by atoms with E-state index in [-0.39, 0.29) is 23.7 Å². The number of hydrogen-bond donors (Lipinski definition) is 1. The fourth-order valence-electron chi connectivity index (χ4n) is 0.957. The number of ketones is 1. The molecule has 0 aromatic rings. The van der Waals surface area contributed by atoms with E-state index < -0.39 is 0 Å². The summed E-state index contributed by atoms with van der Waals surface area (Å²) in [5.41, 5.74) is 0. The second kappa shape index (κ2) is 4.11. The molecule has 1 N–H and O–H groups in total. The molecule has 0 spiro atoms. The van der Waals surface area contributed by atoms with Crippen molar-refractivity contribution in [1.82, 2.24) is 5.32 Å². The van der Waals surface area contributed by atoms with E-state index in [1.165, 1.54) is 13.8 Å². The van der Waals surface area contributed by atoms with Gasteiger partial charge in [0.05, 0.1) is 6.04 Å². The minimum absolute atomic E-state index is 0.00944. The standard InChI is InChI=1S/C8H15NO2/c1-5(2)8(6(3)10)9-7(4)11/h5,8H,1-4H3,(H,9,11)/t8-/m0/s1. The van der Waals surface area contributed by atoms with Crippen molar-refractivity contribution in [3.05, 3.63) is 0 Å². The minimum atomic E-state index is -0.326. The zero-order chi connectivity index (χ0) is 9.02. The zero-order valence-electron chi connectivity index (χ0n) is 7.47. The molecule has 0 aromatic heterocycles. The Labute approximate surface area is 67.2 Å². The summed E-state index contributed by atoms with van der Waals surface area (Å²) in [5, 5.41) is 2.59. The van der Waals surface area contributed by atoms with Crippen molar-refractivity contribution < 1.29 is 9.59 Å². The Balaban J connectivity index is 4.12. The number of rotatable bonds is 3. The average Bonchev–Trinajstić information content (AvgIpc) is 1.81. The Morgan fingerprint density at radius 2 is 1.64 bits per heavy atom. The van der Waals surface area contributed by atoms with Gasteiger partial charge in [0, 0.05) is 6.92 Å². The van der Waals surface area contributed by atoms with Gasteiger partial charge in [-0.15, -0.1) is 0 Å². The highest BCUT2D eigenvalue weighted by Gasteiger charge is 2.18. The SMILES string of the molecule is CC(=O)N[C@H](C(C)=O)C(C)C. The van der Waals surface area contributed by atoms with Crippen LogP contribution < -0.4 is 5.32 Å². The van der Waals surface area contributed by atoms with Crippen LogP contribution in [-0.4, -0.2) is 17.7 Å². The molecule has 64 valence electrons. The zero-order valence-corrected chi connectivity index (χ0v) is 7.47. The molecule has 0 rings (SSSR count). The van der Waals surface area contributed by atoms with Gasteiger partial charge in [-0.3, -0.25) is 9.59 Å². The topological polar surface area (TPSA) is 46.2 Å². The Morgan fingerprint density at radius 3 is 1.73 bits per heavy atom. The second-order valence-corrected chi connectivity index (χ2v) is 3.03. The third-order valence-electron chi connectivity index (χ3n) is 1.46. The molecule has 0 aliphatic heterocycles. The van der Waals surface area contributed by atoms with Crippen LogP contribution in [0.4, 0.5) is 0 Å². The number of Topliss-reactive ketones (excluding diaryl/α,β-unsaturated/α-hetero) is 1. The molecular weight excluding hydrogens is 142 g/mol.